The van der Waals surface area contributed by atoms with Crippen LogP contribution in [0.3, 0.4) is 0 Å². The number of ether oxygens (including phenoxy) is 1. The smallest absolute Gasteiger partial charge is 0.243 e. The second-order valence-corrected chi connectivity index (χ2v) is 5.88. The van der Waals surface area contributed by atoms with E-state index in [9.17, 15) is 4.79 Å². The minimum Gasteiger partial charge on any atom is -0.497 e. The Hall–Kier alpha value is -1.77. The maximum Gasteiger partial charge on any atom is 0.243 e. The molecule has 1 aromatic carbocycles. The third kappa shape index (κ3) is 9.77. The first-order chi connectivity index (χ1) is 11.3. The number of hydrogen-bond donors (Lipinski definition) is 1. The van der Waals surface area contributed by atoms with Crippen molar-refractivity contribution in [1.29, 1.82) is 0 Å². The number of nitrogens with one attached hydrogen (secondary N) is 1. The van der Waals surface area contributed by atoms with Crippen molar-refractivity contribution >= 4 is 12.0 Å². The van der Waals surface area contributed by atoms with Gasteiger partial charge in [-0.1, -0.05) is 64.0 Å². The molecule has 0 radical (unpaired) electrons. The van der Waals surface area contributed by atoms with Gasteiger partial charge in [-0.05, 0) is 30.2 Å². The van der Waals surface area contributed by atoms with E-state index in [1.165, 1.54) is 44.9 Å². The summed E-state index contributed by atoms with van der Waals surface area (Å²) in [6, 6.07) is 7.66. The number of benzene rings is 1. The van der Waals surface area contributed by atoms with Gasteiger partial charge in [0, 0.05) is 12.6 Å². The Morgan fingerprint density at radius 1 is 1.09 bits per heavy atom. The predicted molar refractivity (Wildman–Crippen MR) is 97.6 cm³/mol. The van der Waals surface area contributed by atoms with Crippen molar-refractivity contribution in [3.63, 3.8) is 0 Å². The van der Waals surface area contributed by atoms with E-state index in [1.807, 2.05) is 30.3 Å². The van der Waals surface area contributed by atoms with Crippen LogP contribution in [0.25, 0.3) is 6.08 Å². The Morgan fingerprint density at radius 2 is 1.78 bits per heavy atom. The van der Waals surface area contributed by atoms with Crippen LogP contribution in [-0.4, -0.2) is 19.6 Å². The molecule has 3 nitrogen and oxygen atoms in total. The Bertz CT molecular complexity index is 468. The molecule has 1 N–H and O–H groups in total. The molecule has 0 aliphatic rings. The number of methoxy groups -OCH3 is 1. The second-order valence-electron chi connectivity index (χ2n) is 5.88. The van der Waals surface area contributed by atoms with Crippen LogP contribution in [-0.2, 0) is 4.79 Å². The molecule has 0 aromatic heterocycles. The Kier molecular flexibility index (Phi) is 10.7. The van der Waals surface area contributed by atoms with Gasteiger partial charge in [0.15, 0.2) is 0 Å². The van der Waals surface area contributed by atoms with Crippen LogP contribution in [0.1, 0.15) is 63.9 Å². The molecule has 23 heavy (non-hydrogen) atoms. The molecular formula is C20H31NO2. The highest BCUT2D eigenvalue weighted by molar-refractivity contribution is 5.91. The van der Waals surface area contributed by atoms with Gasteiger partial charge in [0.2, 0.25) is 5.91 Å². The zero-order valence-electron chi connectivity index (χ0n) is 14.6. The fraction of sp³-hybridized carbons (Fsp3) is 0.550. The first-order valence-electron chi connectivity index (χ1n) is 8.86. The maximum atomic E-state index is 11.7. The van der Waals surface area contributed by atoms with Crippen LogP contribution in [0.15, 0.2) is 30.3 Å². The summed E-state index contributed by atoms with van der Waals surface area (Å²) in [5.41, 5.74) is 0.964. The molecule has 0 spiro atoms. The number of carbonyl (C=O) groups excluding carboxylic acids is 1. The van der Waals surface area contributed by atoms with Crippen molar-refractivity contribution in [1.82, 2.24) is 5.32 Å². The van der Waals surface area contributed by atoms with E-state index >= 15 is 0 Å². The van der Waals surface area contributed by atoms with Gasteiger partial charge in [0.05, 0.1) is 7.11 Å². The molecule has 3 heteroatoms. The maximum absolute atomic E-state index is 11.7. The summed E-state index contributed by atoms with van der Waals surface area (Å²) in [5.74, 6) is 0.766. The number of amides is 1. The van der Waals surface area contributed by atoms with E-state index in [0.29, 0.717) is 0 Å². The Balaban J connectivity index is 2.09. The molecule has 0 atom stereocenters. The largest absolute Gasteiger partial charge is 0.497 e. The van der Waals surface area contributed by atoms with Crippen LogP contribution in [0.5, 0.6) is 5.75 Å². The van der Waals surface area contributed by atoms with Gasteiger partial charge < -0.3 is 10.1 Å². The molecule has 0 unspecified atom stereocenters. The lowest BCUT2D eigenvalue weighted by atomic mass is 10.1. The topological polar surface area (TPSA) is 38.3 Å². The van der Waals surface area contributed by atoms with Crippen molar-refractivity contribution in [2.75, 3.05) is 13.7 Å². The molecule has 0 saturated heterocycles. The van der Waals surface area contributed by atoms with Crippen LogP contribution >= 0.6 is 0 Å². The van der Waals surface area contributed by atoms with Crippen molar-refractivity contribution in [2.45, 2.75) is 58.3 Å². The van der Waals surface area contributed by atoms with E-state index in [4.69, 9.17) is 4.74 Å². The molecule has 1 aromatic rings. The highest BCUT2D eigenvalue weighted by atomic mass is 16.5. The first kappa shape index (κ1) is 19.3. The normalized spacial score (nSPS) is 10.9. The van der Waals surface area contributed by atoms with E-state index in [2.05, 4.69) is 12.2 Å². The summed E-state index contributed by atoms with van der Waals surface area (Å²) >= 11 is 0. The quantitative estimate of drug-likeness (QED) is 0.437. The number of hydrogen-bond acceptors (Lipinski definition) is 2. The van der Waals surface area contributed by atoms with Crippen LogP contribution in [0, 0.1) is 0 Å². The highest BCUT2D eigenvalue weighted by Gasteiger charge is 1.97. The molecule has 1 amide bonds. The minimum atomic E-state index is -0.0317. The molecule has 0 bridgehead atoms. The van der Waals surface area contributed by atoms with Gasteiger partial charge in [-0.2, -0.15) is 0 Å². The van der Waals surface area contributed by atoms with Crippen molar-refractivity contribution in [3.05, 3.63) is 35.9 Å². The van der Waals surface area contributed by atoms with Gasteiger partial charge in [-0.15, -0.1) is 0 Å². The van der Waals surface area contributed by atoms with Gasteiger partial charge in [-0.3, -0.25) is 4.79 Å². The third-order valence-corrected chi connectivity index (χ3v) is 3.85. The Labute approximate surface area is 141 Å². The van der Waals surface area contributed by atoms with Crippen LogP contribution in [0.4, 0.5) is 0 Å². The monoisotopic (exact) mass is 317 g/mol. The summed E-state index contributed by atoms with van der Waals surface area (Å²) in [4.78, 5) is 11.7. The molecule has 0 aliphatic carbocycles. The summed E-state index contributed by atoms with van der Waals surface area (Å²) in [5, 5.41) is 2.94. The molecular weight excluding hydrogens is 286 g/mol. The molecule has 0 saturated carbocycles. The number of unbranched alkanes of at least 4 members (excludes halogenated alkanes) is 7. The standard InChI is InChI=1S/C20H31NO2/c1-3-4-5-6-7-8-9-10-16-21-20(22)15-14-18-12-11-13-19(17-18)23-2/h11-15,17H,3-10,16H2,1-2H3,(H,21,22)/b15-14+. The summed E-state index contributed by atoms with van der Waals surface area (Å²) in [6.07, 6.45) is 13.6. The lowest BCUT2D eigenvalue weighted by Gasteiger charge is -2.03. The number of rotatable bonds is 12. The third-order valence-electron chi connectivity index (χ3n) is 3.85. The predicted octanol–water partition coefficient (Wildman–Crippen LogP) is 4.97. The average Bonchev–Trinajstić information content (AvgIpc) is 2.58. The summed E-state index contributed by atoms with van der Waals surface area (Å²) in [6.45, 7) is 3.00. The molecule has 128 valence electrons. The molecule has 0 aliphatic heterocycles. The van der Waals surface area contributed by atoms with E-state index in [1.54, 1.807) is 13.2 Å². The minimum absolute atomic E-state index is 0.0317. The van der Waals surface area contributed by atoms with Crippen LogP contribution < -0.4 is 10.1 Å². The van der Waals surface area contributed by atoms with Crippen LogP contribution in [0.2, 0.25) is 0 Å². The lowest BCUT2D eigenvalue weighted by Crippen LogP contribution is -2.21. The zero-order chi connectivity index (χ0) is 16.8. The first-order valence-corrected chi connectivity index (χ1v) is 8.86. The Morgan fingerprint density at radius 3 is 2.48 bits per heavy atom. The lowest BCUT2D eigenvalue weighted by molar-refractivity contribution is -0.116. The SMILES string of the molecule is CCCCCCCCCCNC(=O)/C=C/c1cccc(OC)c1. The molecule has 0 fully saturated rings. The fourth-order valence-electron chi connectivity index (χ4n) is 2.45. The van der Waals surface area contributed by atoms with Gasteiger partial charge in [-0.25, -0.2) is 0 Å². The van der Waals surface area contributed by atoms with Gasteiger partial charge in [0.1, 0.15) is 5.75 Å². The van der Waals surface area contributed by atoms with Crippen molar-refractivity contribution in [2.24, 2.45) is 0 Å². The summed E-state index contributed by atoms with van der Waals surface area (Å²) in [7, 11) is 1.64. The van der Waals surface area contributed by atoms with Gasteiger partial charge >= 0.3 is 0 Å². The van der Waals surface area contributed by atoms with E-state index < -0.39 is 0 Å². The van der Waals surface area contributed by atoms with Crippen molar-refractivity contribution < 1.29 is 9.53 Å². The van der Waals surface area contributed by atoms with E-state index in [0.717, 1.165) is 24.3 Å². The number of carbonyl (C=O) groups is 1. The molecule has 1 rings (SSSR count). The fourth-order valence-corrected chi connectivity index (χ4v) is 2.45. The average molecular weight is 317 g/mol. The highest BCUT2D eigenvalue weighted by Crippen LogP contribution is 2.13. The van der Waals surface area contributed by atoms with Crippen molar-refractivity contribution in [3.8, 4) is 5.75 Å². The van der Waals surface area contributed by atoms with E-state index in [-0.39, 0.29) is 5.91 Å². The summed E-state index contributed by atoms with van der Waals surface area (Å²) < 4.78 is 5.16. The van der Waals surface area contributed by atoms with Gasteiger partial charge in [0.25, 0.3) is 0 Å². The second kappa shape index (κ2) is 12.7. The molecule has 0 heterocycles. The zero-order valence-corrected chi connectivity index (χ0v) is 14.6.